The number of hydrogen-bond acceptors (Lipinski definition) is 2. The van der Waals surface area contributed by atoms with Crippen LogP contribution in [0.4, 0.5) is 18.9 Å². The fourth-order valence-corrected chi connectivity index (χ4v) is 2.90. The minimum Gasteiger partial charge on any atom is -0.404 e. The van der Waals surface area contributed by atoms with Crippen molar-refractivity contribution in [1.29, 1.82) is 0 Å². The van der Waals surface area contributed by atoms with Gasteiger partial charge in [-0.15, -0.1) is 13.2 Å². The SMILES string of the molecule is O=C1C(Br)CCCN1c1ccc(Br)cc1OC(F)(F)F. The predicted octanol–water partition coefficient (Wildman–Crippen LogP) is 4.24. The Bertz CT molecular complexity index is 522. The molecule has 110 valence electrons. The van der Waals surface area contributed by atoms with Gasteiger partial charge >= 0.3 is 6.36 Å². The quantitative estimate of drug-likeness (QED) is 0.675. The Labute approximate surface area is 130 Å². The van der Waals surface area contributed by atoms with Crippen LogP contribution in [0.2, 0.25) is 0 Å². The number of rotatable bonds is 2. The molecule has 3 nitrogen and oxygen atoms in total. The van der Waals surface area contributed by atoms with Crippen LogP contribution in [-0.2, 0) is 4.79 Å². The summed E-state index contributed by atoms with van der Waals surface area (Å²) in [7, 11) is 0. The molecule has 0 saturated carbocycles. The van der Waals surface area contributed by atoms with Gasteiger partial charge in [-0.05, 0) is 31.0 Å². The van der Waals surface area contributed by atoms with Crippen LogP contribution in [0.3, 0.4) is 0 Å². The molecule has 0 aliphatic carbocycles. The van der Waals surface area contributed by atoms with Crippen molar-refractivity contribution < 1.29 is 22.7 Å². The maximum atomic E-state index is 12.4. The van der Waals surface area contributed by atoms with Crippen molar-refractivity contribution in [2.24, 2.45) is 0 Å². The third-order valence-corrected chi connectivity index (χ3v) is 4.15. The zero-order valence-corrected chi connectivity index (χ0v) is 13.3. The summed E-state index contributed by atoms with van der Waals surface area (Å²) in [5.41, 5.74) is 0.125. The second-order valence-corrected chi connectivity index (χ2v) is 6.28. The fraction of sp³-hybridized carbons (Fsp3) is 0.417. The zero-order valence-electron chi connectivity index (χ0n) is 10.1. The average Bonchev–Trinajstić information content (AvgIpc) is 2.32. The number of carbonyl (C=O) groups excluding carboxylic acids is 1. The molecule has 1 saturated heterocycles. The summed E-state index contributed by atoms with van der Waals surface area (Å²) in [5.74, 6) is -0.646. The summed E-state index contributed by atoms with van der Waals surface area (Å²) in [6.07, 6.45) is -3.42. The lowest BCUT2D eigenvalue weighted by atomic mass is 10.1. The summed E-state index contributed by atoms with van der Waals surface area (Å²) >= 11 is 6.32. The van der Waals surface area contributed by atoms with Gasteiger partial charge in [0.25, 0.3) is 0 Å². The van der Waals surface area contributed by atoms with Crippen LogP contribution < -0.4 is 9.64 Å². The molecule has 0 radical (unpaired) electrons. The highest BCUT2D eigenvalue weighted by atomic mass is 79.9. The molecular weight excluding hydrogens is 407 g/mol. The molecule has 0 bridgehead atoms. The van der Waals surface area contributed by atoms with E-state index in [0.717, 1.165) is 0 Å². The Morgan fingerprint density at radius 1 is 1.35 bits per heavy atom. The number of alkyl halides is 4. The van der Waals surface area contributed by atoms with Crippen LogP contribution in [-0.4, -0.2) is 23.6 Å². The number of benzene rings is 1. The molecular formula is C12H10Br2F3NO2. The van der Waals surface area contributed by atoms with Crippen molar-refractivity contribution in [3.63, 3.8) is 0 Å². The number of nitrogens with zero attached hydrogens (tertiary/aromatic N) is 1. The van der Waals surface area contributed by atoms with E-state index in [9.17, 15) is 18.0 Å². The summed E-state index contributed by atoms with van der Waals surface area (Å²) in [6, 6.07) is 4.21. The van der Waals surface area contributed by atoms with E-state index in [2.05, 4.69) is 36.6 Å². The van der Waals surface area contributed by atoms with E-state index in [4.69, 9.17) is 0 Å². The minimum atomic E-state index is -4.80. The molecule has 8 heteroatoms. The monoisotopic (exact) mass is 415 g/mol. The van der Waals surface area contributed by atoms with Gasteiger partial charge in [-0.3, -0.25) is 4.79 Å². The topological polar surface area (TPSA) is 29.5 Å². The van der Waals surface area contributed by atoms with Crippen LogP contribution >= 0.6 is 31.9 Å². The van der Waals surface area contributed by atoms with E-state index >= 15 is 0 Å². The first kappa shape index (κ1) is 15.6. The van der Waals surface area contributed by atoms with Crippen molar-refractivity contribution in [2.45, 2.75) is 24.0 Å². The smallest absolute Gasteiger partial charge is 0.404 e. The van der Waals surface area contributed by atoms with E-state index in [-0.39, 0.29) is 22.2 Å². The first-order chi connectivity index (χ1) is 9.28. The summed E-state index contributed by atoms with van der Waals surface area (Å²) < 4.78 is 41.8. The average molecular weight is 417 g/mol. The molecule has 1 amide bonds. The van der Waals surface area contributed by atoms with Crippen molar-refractivity contribution in [3.8, 4) is 5.75 Å². The molecule has 1 aromatic rings. The van der Waals surface area contributed by atoms with Gasteiger partial charge in [0.2, 0.25) is 5.91 Å². The van der Waals surface area contributed by atoms with Gasteiger partial charge in [0, 0.05) is 11.0 Å². The van der Waals surface area contributed by atoms with E-state index in [1.807, 2.05) is 0 Å². The summed E-state index contributed by atoms with van der Waals surface area (Å²) in [6.45, 7) is 0.372. The van der Waals surface area contributed by atoms with Gasteiger partial charge in [0.1, 0.15) is 0 Å². The Morgan fingerprint density at radius 3 is 2.70 bits per heavy atom. The molecule has 2 rings (SSSR count). The molecule has 1 atom stereocenters. The molecule has 0 aromatic heterocycles. The first-order valence-corrected chi connectivity index (χ1v) is 7.49. The Hall–Kier alpha value is -0.760. The van der Waals surface area contributed by atoms with Crippen LogP contribution in [0.25, 0.3) is 0 Å². The molecule has 0 N–H and O–H groups in total. The maximum absolute atomic E-state index is 12.4. The highest BCUT2D eigenvalue weighted by molar-refractivity contribution is 9.10. The lowest BCUT2D eigenvalue weighted by Crippen LogP contribution is -2.42. The normalized spacial score (nSPS) is 20.1. The lowest BCUT2D eigenvalue weighted by Gasteiger charge is -2.31. The summed E-state index contributed by atoms with van der Waals surface area (Å²) in [4.78, 5) is 13.0. The molecule has 1 fully saturated rings. The summed E-state index contributed by atoms with van der Waals surface area (Å²) in [5, 5.41) is 0. The first-order valence-electron chi connectivity index (χ1n) is 5.78. The number of piperidine rings is 1. The van der Waals surface area contributed by atoms with Crippen LogP contribution in [0.5, 0.6) is 5.75 Å². The van der Waals surface area contributed by atoms with Crippen molar-refractivity contribution in [2.75, 3.05) is 11.4 Å². The number of ether oxygens (including phenoxy) is 1. The largest absolute Gasteiger partial charge is 0.573 e. The third-order valence-electron chi connectivity index (χ3n) is 2.81. The highest BCUT2D eigenvalue weighted by Gasteiger charge is 2.35. The Balaban J connectivity index is 2.37. The fourth-order valence-electron chi connectivity index (χ4n) is 1.99. The van der Waals surface area contributed by atoms with Crippen molar-refractivity contribution in [3.05, 3.63) is 22.7 Å². The second kappa shape index (κ2) is 5.93. The maximum Gasteiger partial charge on any atom is 0.573 e. The number of anilines is 1. The van der Waals surface area contributed by atoms with Gasteiger partial charge in [-0.2, -0.15) is 0 Å². The Kier molecular flexibility index (Phi) is 4.63. The number of carbonyl (C=O) groups is 1. The lowest BCUT2D eigenvalue weighted by molar-refractivity contribution is -0.274. The van der Waals surface area contributed by atoms with E-state index in [0.29, 0.717) is 23.9 Å². The van der Waals surface area contributed by atoms with Gasteiger partial charge in [-0.25, -0.2) is 0 Å². The minimum absolute atomic E-state index is 0.125. The van der Waals surface area contributed by atoms with Crippen LogP contribution in [0.1, 0.15) is 12.8 Å². The van der Waals surface area contributed by atoms with Gasteiger partial charge < -0.3 is 9.64 Å². The van der Waals surface area contributed by atoms with Crippen LogP contribution in [0, 0.1) is 0 Å². The molecule has 1 unspecified atom stereocenters. The van der Waals surface area contributed by atoms with Gasteiger partial charge in [-0.1, -0.05) is 31.9 Å². The van der Waals surface area contributed by atoms with Crippen molar-refractivity contribution in [1.82, 2.24) is 0 Å². The van der Waals surface area contributed by atoms with E-state index in [1.54, 1.807) is 6.07 Å². The van der Waals surface area contributed by atoms with Gasteiger partial charge in [0.05, 0.1) is 10.5 Å². The Morgan fingerprint density at radius 2 is 2.05 bits per heavy atom. The molecule has 1 aliphatic rings. The predicted molar refractivity (Wildman–Crippen MR) is 75.1 cm³/mol. The molecule has 1 aliphatic heterocycles. The number of hydrogen-bond donors (Lipinski definition) is 0. The van der Waals surface area contributed by atoms with Gasteiger partial charge in [0.15, 0.2) is 5.75 Å². The van der Waals surface area contributed by atoms with Crippen LogP contribution in [0.15, 0.2) is 22.7 Å². The zero-order chi connectivity index (χ0) is 14.9. The number of halogens is 5. The molecule has 0 spiro atoms. The second-order valence-electron chi connectivity index (χ2n) is 4.26. The molecule has 20 heavy (non-hydrogen) atoms. The van der Waals surface area contributed by atoms with E-state index in [1.165, 1.54) is 17.0 Å². The number of amides is 1. The van der Waals surface area contributed by atoms with E-state index < -0.39 is 6.36 Å². The van der Waals surface area contributed by atoms with Crippen molar-refractivity contribution >= 4 is 43.5 Å². The molecule has 1 aromatic carbocycles. The molecule has 1 heterocycles. The highest BCUT2D eigenvalue weighted by Crippen LogP contribution is 2.37. The third kappa shape index (κ3) is 3.66. The standard InChI is InChI=1S/C12H10Br2F3NO2/c13-7-3-4-9(10(6-7)20-12(15,16)17)18-5-1-2-8(14)11(18)19/h3-4,6,8H,1-2,5H2.